The first kappa shape index (κ1) is 9.25. The zero-order valence-electron chi connectivity index (χ0n) is 3.81. The highest BCUT2D eigenvalue weighted by molar-refractivity contribution is 9.09. The normalized spacial score (nSPS) is 11.9. The second-order valence-electron chi connectivity index (χ2n) is 0.937. The van der Waals surface area contributed by atoms with E-state index in [1.165, 1.54) is 0 Å². The highest BCUT2D eigenvalue weighted by Gasteiger charge is 2.12. The second kappa shape index (κ2) is 4.13. The third-order valence-electron chi connectivity index (χ3n) is 0.319. The van der Waals surface area contributed by atoms with Crippen molar-refractivity contribution >= 4 is 44.5 Å². The maximum absolute atomic E-state index is 10.3. The van der Waals surface area contributed by atoms with Gasteiger partial charge in [-0.3, -0.25) is 4.57 Å². The molecular weight excluding hydrogens is 239 g/mol. The Labute approximate surface area is 65.7 Å². The minimum Gasteiger partial charge on any atom is -0.305 e. The lowest BCUT2D eigenvalue weighted by Gasteiger charge is -1.98. The molecule has 0 saturated carbocycles. The molecule has 0 aromatic heterocycles. The van der Waals surface area contributed by atoms with Crippen molar-refractivity contribution in [3.8, 4) is 0 Å². The minimum atomic E-state index is -3.27. The molecule has 0 radical (unpaired) electrons. The SMILES string of the molecule is O=P(Cl)(Cl)O[13CH2]CBr. The Kier molecular flexibility index (Phi) is 4.77. The topological polar surface area (TPSA) is 26.3 Å². The molecule has 0 aliphatic rings. The Balaban J connectivity index is 3.26. The van der Waals surface area contributed by atoms with E-state index in [0.717, 1.165) is 0 Å². The van der Waals surface area contributed by atoms with Gasteiger partial charge in [-0.25, -0.2) is 0 Å². The van der Waals surface area contributed by atoms with Crippen molar-refractivity contribution in [1.29, 1.82) is 0 Å². The largest absolute Gasteiger partial charge is 0.380 e. The third kappa shape index (κ3) is 7.25. The van der Waals surface area contributed by atoms with Gasteiger partial charge in [0.05, 0.1) is 6.61 Å². The number of hydrogen-bond acceptors (Lipinski definition) is 2. The fourth-order valence-electron chi connectivity index (χ4n) is 0.141. The van der Waals surface area contributed by atoms with E-state index in [4.69, 9.17) is 22.5 Å². The first-order valence-electron chi connectivity index (χ1n) is 1.76. The highest BCUT2D eigenvalue weighted by Crippen LogP contribution is 2.57. The van der Waals surface area contributed by atoms with Crippen LogP contribution in [0, 0.1) is 0 Å². The van der Waals surface area contributed by atoms with Gasteiger partial charge < -0.3 is 4.52 Å². The van der Waals surface area contributed by atoms with Crippen LogP contribution in [0.15, 0.2) is 0 Å². The van der Waals surface area contributed by atoms with E-state index in [2.05, 4.69) is 20.5 Å². The molecule has 0 bridgehead atoms. The predicted molar refractivity (Wildman–Crippen MR) is 39.1 cm³/mol. The summed E-state index contributed by atoms with van der Waals surface area (Å²) in [5.41, 5.74) is 0. The standard InChI is InChI=1S/C2H4BrCl2O2P/c3-1-2-7-8(4,5)6/h1-2H2/i2+1. The molecular formula is C2H4BrCl2O2P. The van der Waals surface area contributed by atoms with Crippen molar-refractivity contribution in [2.24, 2.45) is 0 Å². The molecule has 0 amide bonds. The molecule has 8 heavy (non-hydrogen) atoms. The number of alkyl halides is 1. The fourth-order valence-corrected chi connectivity index (χ4v) is 1.27. The lowest BCUT2D eigenvalue weighted by molar-refractivity contribution is 0.360. The van der Waals surface area contributed by atoms with Crippen LogP contribution in [0.25, 0.3) is 0 Å². The Morgan fingerprint density at radius 2 is 2.12 bits per heavy atom. The number of halogens is 3. The monoisotopic (exact) mass is 241 g/mol. The summed E-state index contributed by atoms with van der Waals surface area (Å²) in [6, 6.07) is 0. The summed E-state index contributed by atoms with van der Waals surface area (Å²) in [4.78, 5) is 0. The molecule has 0 saturated heterocycles. The van der Waals surface area contributed by atoms with Crippen LogP contribution in [0.2, 0.25) is 0 Å². The lowest BCUT2D eigenvalue weighted by atomic mass is 11.3. The van der Waals surface area contributed by atoms with Crippen LogP contribution in [0.4, 0.5) is 0 Å². The summed E-state index contributed by atoms with van der Waals surface area (Å²) in [5, 5.41) is 0.580. The van der Waals surface area contributed by atoms with Gasteiger partial charge in [-0.15, -0.1) is 0 Å². The molecule has 0 spiro atoms. The summed E-state index contributed by atoms with van der Waals surface area (Å²) in [6.07, 6.45) is -3.27. The summed E-state index contributed by atoms with van der Waals surface area (Å²) >= 11 is 13.0. The van der Waals surface area contributed by atoms with Gasteiger partial charge in [0, 0.05) is 5.33 Å². The molecule has 0 rings (SSSR count). The van der Waals surface area contributed by atoms with Gasteiger partial charge in [-0.1, -0.05) is 15.9 Å². The van der Waals surface area contributed by atoms with Gasteiger partial charge >= 0.3 is 6.07 Å². The molecule has 0 heterocycles. The van der Waals surface area contributed by atoms with Crippen LogP contribution in [0.1, 0.15) is 0 Å². The van der Waals surface area contributed by atoms with E-state index in [0.29, 0.717) is 5.33 Å². The van der Waals surface area contributed by atoms with Gasteiger partial charge in [0.1, 0.15) is 0 Å². The Bertz CT molecular complexity index is 102. The van der Waals surface area contributed by atoms with Gasteiger partial charge in [0.2, 0.25) is 0 Å². The fraction of sp³-hybridized carbons (Fsp3) is 1.00. The van der Waals surface area contributed by atoms with Gasteiger partial charge in [-0.05, 0) is 22.5 Å². The van der Waals surface area contributed by atoms with Gasteiger partial charge in [0.25, 0.3) is 0 Å². The van der Waals surface area contributed by atoms with Crippen molar-refractivity contribution in [1.82, 2.24) is 0 Å². The van der Waals surface area contributed by atoms with Crippen molar-refractivity contribution in [2.45, 2.75) is 0 Å². The molecule has 50 valence electrons. The summed E-state index contributed by atoms with van der Waals surface area (Å²) in [5.74, 6) is 0. The molecule has 0 aliphatic carbocycles. The third-order valence-corrected chi connectivity index (χ3v) is 1.71. The molecule has 0 atom stereocenters. The zero-order chi connectivity index (χ0) is 6.62. The van der Waals surface area contributed by atoms with E-state index in [1.807, 2.05) is 0 Å². The molecule has 0 aromatic carbocycles. The van der Waals surface area contributed by atoms with Gasteiger partial charge in [-0.2, -0.15) is 0 Å². The van der Waals surface area contributed by atoms with E-state index < -0.39 is 6.07 Å². The van der Waals surface area contributed by atoms with Crippen LogP contribution in [0.5, 0.6) is 0 Å². The van der Waals surface area contributed by atoms with Crippen LogP contribution in [0.3, 0.4) is 0 Å². The Morgan fingerprint density at radius 1 is 1.62 bits per heavy atom. The molecule has 2 nitrogen and oxygen atoms in total. The number of rotatable bonds is 3. The molecule has 0 N–H and O–H groups in total. The van der Waals surface area contributed by atoms with E-state index in [9.17, 15) is 4.57 Å². The second-order valence-corrected chi connectivity index (χ2v) is 6.01. The van der Waals surface area contributed by atoms with E-state index in [-0.39, 0.29) is 6.61 Å². The first-order chi connectivity index (χ1) is 3.56. The summed E-state index contributed by atoms with van der Waals surface area (Å²) < 4.78 is 14.7. The molecule has 0 aliphatic heterocycles. The highest BCUT2D eigenvalue weighted by atomic mass is 79.9. The zero-order valence-corrected chi connectivity index (χ0v) is 7.80. The Hall–Kier alpha value is 1.25. The smallest absolute Gasteiger partial charge is 0.305 e. The van der Waals surface area contributed by atoms with Crippen LogP contribution >= 0.6 is 44.5 Å². The minimum absolute atomic E-state index is 0.268. The van der Waals surface area contributed by atoms with E-state index >= 15 is 0 Å². The maximum Gasteiger partial charge on any atom is 0.380 e. The maximum atomic E-state index is 10.3. The molecule has 0 fully saturated rings. The van der Waals surface area contributed by atoms with Gasteiger partial charge in [0.15, 0.2) is 0 Å². The van der Waals surface area contributed by atoms with Crippen molar-refractivity contribution in [2.75, 3.05) is 11.9 Å². The summed E-state index contributed by atoms with van der Waals surface area (Å²) in [6.45, 7) is 0.268. The average molecular weight is 243 g/mol. The predicted octanol–water partition coefficient (Wildman–Crippen LogP) is 2.98. The van der Waals surface area contributed by atoms with Crippen molar-refractivity contribution in [3.05, 3.63) is 0 Å². The van der Waals surface area contributed by atoms with Crippen LogP contribution < -0.4 is 0 Å². The molecule has 0 unspecified atom stereocenters. The molecule has 0 aromatic rings. The Morgan fingerprint density at radius 3 is 2.25 bits per heavy atom. The quantitative estimate of drug-likeness (QED) is 0.432. The van der Waals surface area contributed by atoms with Crippen molar-refractivity contribution < 1.29 is 9.09 Å². The summed E-state index contributed by atoms with van der Waals surface area (Å²) in [7, 11) is 0. The first-order valence-corrected chi connectivity index (χ1v) is 6.32. The average Bonchev–Trinajstić information content (AvgIpc) is 1.59. The van der Waals surface area contributed by atoms with Crippen molar-refractivity contribution in [3.63, 3.8) is 0 Å². The van der Waals surface area contributed by atoms with Crippen LogP contribution in [-0.2, 0) is 9.09 Å². The van der Waals surface area contributed by atoms with E-state index in [1.54, 1.807) is 0 Å². The van der Waals surface area contributed by atoms with Crippen LogP contribution in [-0.4, -0.2) is 11.9 Å². The molecule has 6 heteroatoms. The number of hydrogen-bond donors (Lipinski definition) is 0. The lowest BCUT2D eigenvalue weighted by Crippen LogP contribution is -1.85.